The van der Waals surface area contributed by atoms with Crippen LogP contribution < -0.4 is 15.8 Å². The third-order valence-electron chi connectivity index (χ3n) is 2.98. The number of nitrogens with one attached hydrogen (secondary N) is 1. The van der Waals surface area contributed by atoms with Gasteiger partial charge in [0.15, 0.2) is 0 Å². The summed E-state index contributed by atoms with van der Waals surface area (Å²) in [5.41, 5.74) is 8.15. The molecule has 0 aromatic heterocycles. The van der Waals surface area contributed by atoms with Gasteiger partial charge in [-0.05, 0) is 36.8 Å². The van der Waals surface area contributed by atoms with Crippen molar-refractivity contribution < 1.29 is 9.53 Å². The van der Waals surface area contributed by atoms with E-state index in [-0.39, 0.29) is 18.9 Å². The molecule has 0 saturated heterocycles. The number of aryl methyl sites for hydroxylation is 1. The number of hydrogen-bond donors (Lipinski definition) is 2. The maximum atomic E-state index is 11.9. The summed E-state index contributed by atoms with van der Waals surface area (Å²) in [6, 6.07) is 13.0. The number of para-hydroxylation sites is 2. The van der Waals surface area contributed by atoms with Gasteiger partial charge in [0.2, 0.25) is 5.91 Å². The molecular formula is C16H17BrN2O2. The van der Waals surface area contributed by atoms with E-state index in [1.54, 1.807) is 12.1 Å². The van der Waals surface area contributed by atoms with Gasteiger partial charge in [-0.1, -0.05) is 34.1 Å². The van der Waals surface area contributed by atoms with Crippen LogP contribution >= 0.6 is 15.9 Å². The van der Waals surface area contributed by atoms with Gasteiger partial charge in [0, 0.05) is 10.2 Å². The van der Waals surface area contributed by atoms with Gasteiger partial charge >= 0.3 is 0 Å². The number of hydrogen-bond acceptors (Lipinski definition) is 3. The number of anilines is 2. The second-order valence-electron chi connectivity index (χ2n) is 4.64. The zero-order chi connectivity index (χ0) is 15.2. The highest BCUT2D eigenvalue weighted by atomic mass is 79.9. The second-order valence-corrected chi connectivity index (χ2v) is 5.56. The largest absolute Gasteiger partial charge is 0.491 e. The van der Waals surface area contributed by atoms with Crippen LogP contribution in [0, 0.1) is 6.92 Å². The Kier molecular flexibility index (Phi) is 5.22. The van der Waals surface area contributed by atoms with Crippen LogP contribution in [0.2, 0.25) is 0 Å². The average Bonchev–Trinajstić information content (AvgIpc) is 2.45. The minimum atomic E-state index is -0.0919. The lowest BCUT2D eigenvalue weighted by Crippen LogP contribution is -2.16. The normalized spacial score (nSPS) is 10.2. The summed E-state index contributed by atoms with van der Waals surface area (Å²) in [4.78, 5) is 11.9. The van der Waals surface area contributed by atoms with E-state index in [4.69, 9.17) is 10.5 Å². The van der Waals surface area contributed by atoms with Gasteiger partial charge in [0.1, 0.15) is 5.75 Å². The fraction of sp³-hybridized carbons (Fsp3) is 0.188. The van der Waals surface area contributed by atoms with Crippen LogP contribution in [-0.2, 0) is 4.79 Å². The predicted molar refractivity (Wildman–Crippen MR) is 88.5 cm³/mol. The summed E-state index contributed by atoms with van der Waals surface area (Å²) in [5, 5.41) is 2.87. The van der Waals surface area contributed by atoms with Gasteiger partial charge < -0.3 is 15.8 Å². The van der Waals surface area contributed by atoms with Crippen LogP contribution in [0.5, 0.6) is 5.75 Å². The van der Waals surface area contributed by atoms with Gasteiger partial charge in [-0.25, -0.2) is 0 Å². The van der Waals surface area contributed by atoms with E-state index < -0.39 is 0 Å². The molecule has 5 heteroatoms. The summed E-state index contributed by atoms with van der Waals surface area (Å²) >= 11 is 3.39. The first-order valence-corrected chi connectivity index (χ1v) is 7.39. The van der Waals surface area contributed by atoms with Crippen molar-refractivity contribution in [2.45, 2.75) is 13.3 Å². The highest BCUT2D eigenvalue weighted by Crippen LogP contribution is 2.21. The van der Waals surface area contributed by atoms with Crippen LogP contribution in [0.4, 0.5) is 11.4 Å². The van der Waals surface area contributed by atoms with E-state index in [2.05, 4.69) is 21.2 Å². The summed E-state index contributed by atoms with van der Waals surface area (Å²) in [6.07, 6.45) is 0.264. The van der Waals surface area contributed by atoms with E-state index in [0.29, 0.717) is 11.4 Å². The molecule has 0 spiro atoms. The number of amides is 1. The number of nitrogen functional groups attached to an aromatic ring is 1. The molecule has 0 saturated carbocycles. The molecule has 21 heavy (non-hydrogen) atoms. The molecule has 0 aliphatic carbocycles. The highest BCUT2D eigenvalue weighted by Gasteiger charge is 2.06. The third-order valence-corrected chi connectivity index (χ3v) is 3.47. The Bertz CT molecular complexity index is 644. The van der Waals surface area contributed by atoms with Crippen molar-refractivity contribution in [1.82, 2.24) is 0 Å². The van der Waals surface area contributed by atoms with Gasteiger partial charge in [-0.2, -0.15) is 0 Å². The average molecular weight is 349 g/mol. The van der Waals surface area contributed by atoms with Gasteiger partial charge in [-0.15, -0.1) is 0 Å². The van der Waals surface area contributed by atoms with Crippen molar-refractivity contribution in [3.05, 3.63) is 52.5 Å². The number of nitrogens with two attached hydrogens (primary N) is 1. The molecule has 0 radical (unpaired) electrons. The number of halogens is 1. The molecule has 3 N–H and O–H groups in total. The molecule has 0 atom stereocenters. The number of carbonyl (C=O) groups excluding carboxylic acids is 1. The quantitative estimate of drug-likeness (QED) is 0.808. The number of ether oxygens (including phenoxy) is 1. The van der Waals surface area contributed by atoms with Crippen molar-refractivity contribution in [2.24, 2.45) is 0 Å². The monoisotopic (exact) mass is 348 g/mol. The minimum Gasteiger partial charge on any atom is -0.491 e. The first kappa shape index (κ1) is 15.4. The SMILES string of the molecule is Cc1ccc(Br)cc1NC(=O)CCOc1ccccc1N. The Morgan fingerprint density at radius 2 is 2.05 bits per heavy atom. The molecule has 2 aromatic rings. The van der Waals surface area contributed by atoms with Crippen molar-refractivity contribution in [2.75, 3.05) is 17.7 Å². The molecule has 0 heterocycles. The Morgan fingerprint density at radius 1 is 1.29 bits per heavy atom. The van der Waals surface area contributed by atoms with Crippen LogP contribution in [0.25, 0.3) is 0 Å². The fourth-order valence-corrected chi connectivity index (χ4v) is 2.17. The highest BCUT2D eigenvalue weighted by molar-refractivity contribution is 9.10. The van der Waals surface area contributed by atoms with E-state index in [1.807, 2.05) is 37.3 Å². The number of rotatable bonds is 5. The van der Waals surface area contributed by atoms with Crippen molar-refractivity contribution in [3.8, 4) is 5.75 Å². The first-order chi connectivity index (χ1) is 10.1. The van der Waals surface area contributed by atoms with Crippen molar-refractivity contribution >= 4 is 33.2 Å². The molecule has 0 fully saturated rings. The summed E-state index contributed by atoms with van der Waals surface area (Å²) in [6.45, 7) is 2.23. The zero-order valence-electron chi connectivity index (χ0n) is 11.7. The van der Waals surface area contributed by atoms with Crippen molar-refractivity contribution in [1.29, 1.82) is 0 Å². The van der Waals surface area contributed by atoms with Crippen LogP contribution in [0.1, 0.15) is 12.0 Å². The standard InChI is InChI=1S/C16H17BrN2O2/c1-11-6-7-12(17)10-14(11)19-16(20)8-9-21-15-5-3-2-4-13(15)18/h2-7,10H,8-9,18H2,1H3,(H,19,20). The first-order valence-electron chi connectivity index (χ1n) is 6.59. The fourth-order valence-electron chi connectivity index (χ4n) is 1.81. The number of carbonyl (C=O) groups is 1. The van der Waals surface area contributed by atoms with E-state index in [0.717, 1.165) is 15.7 Å². The molecule has 4 nitrogen and oxygen atoms in total. The molecule has 0 aliphatic rings. The Hall–Kier alpha value is -2.01. The minimum absolute atomic E-state index is 0.0919. The predicted octanol–water partition coefficient (Wildman–Crippen LogP) is 3.75. The van der Waals surface area contributed by atoms with Crippen LogP contribution in [0.15, 0.2) is 46.9 Å². The summed E-state index contributed by atoms with van der Waals surface area (Å²) in [5.74, 6) is 0.509. The van der Waals surface area contributed by atoms with Gasteiger partial charge in [0.05, 0.1) is 18.7 Å². The summed E-state index contributed by atoms with van der Waals surface area (Å²) in [7, 11) is 0. The topological polar surface area (TPSA) is 64.3 Å². The molecular weight excluding hydrogens is 332 g/mol. The lowest BCUT2D eigenvalue weighted by atomic mass is 10.2. The molecule has 1 amide bonds. The van der Waals surface area contributed by atoms with Gasteiger partial charge in [-0.3, -0.25) is 4.79 Å². The smallest absolute Gasteiger partial charge is 0.227 e. The lowest BCUT2D eigenvalue weighted by Gasteiger charge is -2.10. The van der Waals surface area contributed by atoms with Crippen LogP contribution in [-0.4, -0.2) is 12.5 Å². The maximum absolute atomic E-state index is 11.9. The maximum Gasteiger partial charge on any atom is 0.227 e. The Balaban J connectivity index is 1.85. The van der Waals surface area contributed by atoms with E-state index in [9.17, 15) is 4.79 Å². The summed E-state index contributed by atoms with van der Waals surface area (Å²) < 4.78 is 6.43. The van der Waals surface area contributed by atoms with Crippen molar-refractivity contribution in [3.63, 3.8) is 0 Å². The number of benzene rings is 2. The molecule has 2 rings (SSSR count). The third kappa shape index (κ3) is 4.49. The molecule has 2 aromatic carbocycles. The molecule has 110 valence electrons. The Labute approximate surface area is 132 Å². The van der Waals surface area contributed by atoms with E-state index >= 15 is 0 Å². The van der Waals surface area contributed by atoms with Crippen LogP contribution in [0.3, 0.4) is 0 Å². The van der Waals surface area contributed by atoms with E-state index in [1.165, 1.54) is 0 Å². The van der Waals surface area contributed by atoms with Gasteiger partial charge in [0.25, 0.3) is 0 Å². The zero-order valence-corrected chi connectivity index (χ0v) is 13.3. The lowest BCUT2D eigenvalue weighted by molar-refractivity contribution is -0.116. The second kappa shape index (κ2) is 7.13. The molecule has 0 bridgehead atoms. The Morgan fingerprint density at radius 3 is 2.81 bits per heavy atom. The molecule has 0 aliphatic heterocycles. The molecule has 0 unspecified atom stereocenters.